The maximum absolute atomic E-state index is 12.6. The van der Waals surface area contributed by atoms with Crippen molar-refractivity contribution in [1.82, 2.24) is 5.32 Å². The largest absolute Gasteiger partial charge is 0.489 e. The molecule has 0 bridgehead atoms. The zero-order chi connectivity index (χ0) is 26.3. The molecule has 1 saturated carbocycles. The van der Waals surface area contributed by atoms with Crippen LogP contribution in [0.2, 0.25) is 0 Å². The Balaban J connectivity index is 1.27. The van der Waals surface area contributed by atoms with Crippen molar-refractivity contribution >= 4 is 12.1 Å². The lowest BCUT2D eigenvalue weighted by molar-refractivity contribution is -0.144. The number of hydrogen-bond donors (Lipinski definition) is 1. The number of cyclic esters (lactones) is 1. The maximum Gasteiger partial charge on any atom is 0.408 e. The van der Waals surface area contributed by atoms with E-state index in [1.54, 1.807) is 0 Å². The Labute approximate surface area is 221 Å². The number of hydrogen-bond acceptors (Lipinski definition) is 5. The third kappa shape index (κ3) is 8.24. The summed E-state index contributed by atoms with van der Waals surface area (Å²) >= 11 is 0. The van der Waals surface area contributed by atoms with Crippen molar-refractivity contribution in [2.75, 3.05) is 0 Å². The Morgan fingerprint density at radius 3 is 2.38 bits per heavy atom. The van der Waals surface area contributed by atoms with E-state index in [1.807, 2.05) is 75.4 Å². The van der Waals surface area contributed by atoms with Crippen LogP contribution in [0.15, 0.2) is 54.6 Å². The quantitative estimate of drug-likeness (QED) is 0.380. The minimum absolute atomic E-state index is 0.106. The highest BCUT2D eigenvalue weighted by Gasteiger charge is 2.39. The second kappa shape index (κ2) is 12.0. The van der Waals surface area contributed by atoms with Crippen LogP contribution in [0, 0.1) is 5.92 Å². The van der Waals surface area contributed by atoms with E-state index in [1.165, 1.54) is 6.42 Å². The highest BCUT2D eigenvalue weighted by molar-refractivity contribution is 5.75. The Bertz CT molecular complexity index is 1020. The van der Waals surface area contributed by atoms with Gasteiger partial charge >= 0.3 is 12.1 Å². The molecule has 1 N–H and O–H groups in total. The number of carbonyl (C=O) groups is 2. The second-order valence-corrected chi connectivity index (χ2v) is 11.6. The molecule has 6 heteroatoms. The molecule has 200 valence electrons. The standard InChI is InChI=1S/C31H41NO5/c1-30(2,3)37-29(34)32-31(17-8-5-9-18-31)19-16-27-21-25(28(33)36-27)20-23-12-14-26(15-13-23)35-22-24-10-6-4-7-11-24/h4,6-7,10-15,25,27H,5,8-9,16-22H2,1-3H3,(H,32,34)/t25-,27+/m1/s1. The Kier molecular flexibility index (Phi) is 8.78. The number of carbonyl (C=O) groups excluding carboxylic acids is 2. The summed E-state index contributed by atoms with van der Waals surface area (Å²) in [6.07, 6.45) is 7.72. The van der Waals surface area contributed by atoms with Gasteiger partial charge < -0.3 is 19.5 Å². The fraction of sp³-hybridized carbons (Fsp3) is 0.548. The molecule has 4 rings (SSSR count). The van der Waals surface area contributed by atoms with Gasteiger partial charge in [0.15, 0.2) is 0 Å². The first-order valence-corrected chi connectivity index (χ1v) is 13.7. The summed E-state index contributed by atoms with van der Waals surface area (Å²) in [6, 6.07) is 18.1. The van der Waals surface area contributed by atoms with Gasteiger partial charge in [-0.3, -0.25) is 4.79 Å². The van der Waals surface area contributed by atoms with Gasteiger partial charge in [0.25, 0.3) is 0 Å². The lowest BCUT2D eigenvalue weighted by Crippen LogP contribution is -2.51. The van der Waals surface area contributed by atoms with Crippen LogP contribution in [0.5, 0.6) is 5.75 Å². The molecular formula is C31H41NO5. The molecule has 37 heavy (non-hydrogen) atoms. The summed E-state index contributed by atoms with van der Waals surface area (Å²) in [5.41, 5.74) is 1.42. The van der Waals surface area contributed by atoms with E-state index in [0.29, 0.717) is 19.4 Å². The number of rotatable bonds is 9. The molecule has 1 heterocycles. The van der Waals surface area contributed by atoms with Crippen LogP contribution >= 0.6 is 0 Å². The van der Waals surface area contributed by atoms with E-state index in [2.05, 4.69) is 5.32 Å². The van der Waals surface area contributed by atoms with Gasteiger partial charge in [-0.25, -0.2) is 4.79 Å². The first-order valence-electron chi connectivity index (χ1n) is 13.7. The summed E-state index contributed by atoms with van der Waals surface area (Å²) in [6.45, 7) is 6.16. The van der Waals surface area contributed by atoms with Crippen molar-refractivity contribution < 1.29 is 23.8 Å². The molecule has 2 aromatic rings. The Morgan fingerprint density at radius 2 is 1.70 bits per heavy atom. The van der Waals surface area contributed by atoms with Gasteiger partial charge in [0.2, 0.25) is 0 Å². The number of benzene rings is 2. The van der Waals surface area contributed by atoms with Gasteiger partial charge in [-0.15, -0.1) is 0 Å². The van der Waals surface area contributed by atoms with E-state index in [4.69, 9.17) is 14.2 Å². The SMILES string of the molecule is CC(C)(C)OC(=O)NC1(CC[C@H]2C[C@@H](Cc3ccc(OCc4ccccc4)cc3)C(=O)O2)CCCCC1. The molecule has 1 aliphatic heterocycles. The first-order chi connectivity index (χ1) is 17.7. The predicted octanol–water partition coefficient (Wildman–Crippen LogP) is 6.75. The molecule has 0 radical (unpaired) electrons. The molecule has 1 amide bonds. The average molecular weight is 508 g/mol. The molecule has 0 aromatic heterocycles. The Hall–Kier alpha value is -3.02. The van der Waals surface area contributed by atoms with Gasteiger partial charge in [0.1, 0.15) is 24.1 Å². The molecule has 1 saturated heterocycles. The lowest BCUT2D eigenvalue weighted by atomic mass is 9.77. The third-order valence-electron chi connectivity index (χ3n) is 7.34. The summed E-state index contributed by atoms with van der Waals surface area (Å²) < 4.78 is 17.2. The summed E-state index contributed by atoms with van der Waals surface area (Å²) in [5.74, 6) is 0.559. The van der Waals surface area contributed by atoms with E-state index in [9.17, 15) is 9.59 Å². The lowest BCUT2D eigenvalue weighted by Gasteiger charge is -2.39. The van der Waals surface area contributed by atoms with Crippen molar-refractivity contribution in [3.05, 3.63) is 65.7 Å². The van der Waals surface area contributed by atoms with Crippen LogP contribution in [-0.4, -0.2) is 29.3 Å². The van der Waals surface area contributed by atoms with Crippen LogP contribution in [0.3, 0.4) is 0 Å². The number of amides is 1. The van der Waals surface area contributed by atoms with Crippen molar-refractivity contribution in [2.24, 2.45) is 5.92 Å². The summed E-state index contributed by atoms with van der Waals surface area (Å²) in [5, 5.41) is 3.19. The highest BCUT2D eigenvalue weighted by Crippen LogP contribution is 2.36. The van der Waals surface area contributed by atoms with E-state index >= 15 is 0 Å². The Morgan fingerprint density at radius 1 is 1.00 bits per heavy atom. The van der Waals surface area contributed by atoms with Gasteiger partial charge in [-0.05, 0) is 82.6 Å². The van der Waals surface area contributed by atoms with Crippen LogP contribution in [-0.2, 0) is 27.3 Å². The van der Waals surface area contributed by atoms with E-state index < -0.39 is 5.60 Å². The molecule has 0 spiro atoms. The van der Waals surface area contributed by atoms with Crippen molar-refractivity contribution in [3.63, 3.8) is 0 Å². The predicted molar refractivity (Wildman–Crippen MR) is 143 cm³/mol. The summed E-state index contributed by atoms with van der Waals surface area (Å²) in [4.78, 5) is 25.2. The van der Waals surface area contributed by atoms with Crippen molar-refractivity contribution in [2.45, 2.75) is 102 Å². The zero-order valence-electron chi connectivity index (χ0n) is 22.5. The number of alkyl carbamates (subject to hydrolysis) is 1. The van der Waals surface area contributed by atoms with Gasteiger partial charge in [0, 0.05) is 5.54 Å². The molecule has 2 atom stereocenters. The molecule has 1 aliphatic carbocycles. The number of ether oxygens (including phenoxy) is 3. The van der Waals surface area contributed by atoms with Crippen LogP contribution in [0.4, 0.5) is 4.79 Å². The highest BCUT2D eigenvalue weighted by atomic mass is 16.6. The van der Waals surface area contributed by atoms with Crippen LogP contribution in [0.25, 0.3) is 0 Å². The van der Waals surface area contributed by atoms with Gasteiger partial charge in [-0.2, -0.15) is 0 Å². The molecule has 2 fully saturated rings. The minimum Gasteiger partial charge on any atom is -0.489 e. The topological polar surface area (TPSA) is 73.9 Å². The fourth-order valence-corrected chi connectivity index (χ4v) is 5.44. The smallest absolute Gasteiger partial charge is 0.408 e. The van der Waals surface area contributed by atoms with E-state index in [-0.39, 0.29) is 29.6 Å². The van der Waals surface area contributed by atoms with Crippen LogP contribution in [0.1, 0.15) is 83.3 Å². The normalized spacial score (nSPS) is 21.2. The molecule has 0 unspecified atom stereocenters. The minimum atomic E-state index is -0.527. The molecule has 2 aliphatic rings. The number of esters is 1. The van der Waals surface area contributed by atoms with Crippen LogP contribution < -0.4 is 10.1 Å². The van der Waals surface area contributed by atoms with Gasteiger partial charge in [0.05, 0.1) is 5.92 Å². The number of nitrogens with one attached hydrogen (secondary N) is 1. The van der Waals surface area contributed by atoms with Gasteiger partial charge in [-0.1, -0.05) is 61.7 Å². The average Bonchev–Trinajstić information content (AvgIpc) is 3.21. The molecular weight excluding hydrogens is 466 g/mol. The summed E-state index contributed by atoms with van der Waals surface area (Å²) in [7, 11) is 0. The van der Waals surface area contributed by atoms with Crippen molar-refractivity contribution in [3.8, 4) is 5.75 Å². The van der Waals surface area contributed by atoms with Crippen molar-refractivity contribution in [1.29, 1.82) is 0 Å². The van der Waals surface area contributed by atoms with E-state index in [0.717, 1.165) is 55.4 Å². The molecule has 2 aromatic carbocycles. The zero-order valence-corrected chi connectivity index (χ0v) is 22.5. The third-order valence-corrected chi connectivity index (χ3v) is 7.34. The first kappa shape index (κ1) is 27.0. The maximum atomic E-state index is 12.6. The fourth-order valence-electron chi connectivity index (χ4n) is 5.44. The second-order valence-electron chi connectivity index (χ2n) is 11.6. The monoisotopic (exact) mass is 507 g/mol. The molecule has 6 nitrogen and oxygen atoms in total.